The Morgan fingerprint density at radius 1 is 0.952 bits per heavy atom. The third-order valence-electron chi connectivity index (χ3n) is 15.3. The van der Waals surface area contributed by atoms with Crippen LogP contribution in [0.4, 0.5) is 0 Å². The van der Waals surface area contributed by atoms with Gasteiger partial charge in [-0.05, 0) is 123 Å². The Hall–Kier alpha value is -0.280. The average Bonchev–Trinajstić information content (AvgIpc) is 3.48. The minimum Gasteiger partial charge on any atom is -0.389 e. The summed E-state index contributed by atoms with van der Waals surface area (Å²) in [7, 11) is 0. The van der Waals surface area contributed by atoms with Gasteiger partial charge in [-0.2, -0.15) is 0 Å². The molecule has 0 bridgehead atoms. The first kappa shape index (κ1) is 29.1. The van der Waals surface area contributed by atoms with Crippen molar-refractivity contribution in [2.75, 3.05) is 32.9 Å². The van der Waals surface area contributed by atoms with Gasteiger partial charge in [-0.25, -0.2) is 0 Å². The molecule has 5 saturated carbocycles. The van der Waals surface area contributed by atoms with E-state index in [-0.39, 0.29) is 30.0 Å². The van der Waals surface area contributed by atoms with Crippen molar-refractivity contribution in [1.29, 1.82) is 0 Å². The molecule has 3 N–H and O–H groups in total. The Balaban J connectivity index is 0.971. The molecular formula is C35H58N2O5. The van der Waals surface area contributed by atoms with Gasteiger partial charge in [0.05, 0.1) is 62.4 Å². The zero-order valence-corrected chi connectivity index (χ0v) is 27.0. The van der Waals surface area contributed by atoms with E-state index in [4.69, 9.17) is 24.7 Å². The number of morpholine rings is 1. The average molecular weight is 587 g/mol. The van der Waals surface area contributed by atoms with E-state index in [1.807, 2.05) is 13.8 Å². The number of hydrogen-bond acceptors (Lipinski definition) is 7. The van der Waals surface area contributed by atoms with Gasteiger partial charge in [0.1, 0.15) is 0 Å². The molecule has 42 heavy (non-hydrogen) atoms. The second-order valence-electron chi connectivity index (χ2n) is 17.6. The Morgan fingerprint density at radius 2 is 1.74 bits per heavy atom. The number of rotatable bonds is 5. The lowest BCUT2D eigenvalue weighted by molar-refractivity contribution is -0.253. The predicted molar refractivity (Wildman–Crippen MR) is 161 cm³/mol. The van der Waals surface area contributed by atoms with Gasteiger partial charge in [0.25, 0.3) is 0 Å². The summed E-state index contributed by atoms with van der Waals surface area (Å²) in [6, 6.07) is 0.228. The van der Waals surface area contributed by atoms with Gasteiger partial charge in [0.2, 0.25) is 0 Å². The molecule has 8 fully saturated rings. The number of fused-ring (bicyclic) bond motifs is 4. The van der Waals surface area contributed by atoms with Crippen LogP contribution in [0.25, 0.3) is 0 Å². The molecule has 12 atom stereocenters. The molecule has 2 spiro atoms. The van der Waals surface area contributed by atoms with Crippen molar-refractivity contribution < 1.29 is 24.1 Å². The van der Waals surface area contributed by atoms with Crippen LogP contribution in [0.2, 0.25) is 0 Å². The summed E-state index contributed by atoms with van der Waals surface area (Å²) < 4.78 is 25.4. The topological polar surface area (TPSA) is 86.4 Å². The minimum atomic E-state index is -0.904. The van der Waals surface area contributed by atoms with E-state index in [0.717, 1.165) is 57.1 Å². The van der Waals surface area contributed by atoms with Gasteiger partial charge in [-0.1, -0.05) is 20.8 Å². The number of nitrogens with zero attached hydrogens (tertiary/aromatic N) is 1. The van der Waals surface area contributed by atoms with Gasteiger partial charge in [0.15, 0.2) is 6.29 Å². The van der Waals surface area contributed by atoms with E-state index in [2.05, 4.69) is 25.7 Å². The molecule has 3 saturated heterocycles. The van der Waals surface area contributed by atoms with Crippen LogP contribution in [0.1, 0.15) is 98.8 Å². The number of nitrogens with two attached hydrogens (primary N) is 1. The Morgan fingerprint density at radius 3 is 2.48 bits per heavy atom. The highest BCUT2D eigenvalue weighted by molar-refractivity contribution is 5.29. The standard InChI is InChI=1S/C35H58N2O5/c1-31(2)27-9-7-22-24-16-26-23(6-8-25(41-26)30(36)32(3,4)38)33(24,5)12-13-34(22)20-35(27,34)11-10-28(31)42-29-17-37(14-15-40-29)21-18-39-19-21/h21-30,38H,6-20,36H2,1-5H3/t22?,23-,24?,25+,26+,27-,28-,29?,30-,33+,34-,35?/m0/s1. The lowest BCUT2D eigenvalue weighted by atomic mass is 9.46. The maximum absolute atomic E-state index is 10.6. The zero-order valence-electron chi connectivity index (χ0n) is 27.0. The van der Waals surface area contributed by atoms with Crippen LogP contribution in [0.3, 0.4) is 0 Å². The minimum absolute atomic E-state index is 0.0229. The van der Waals surface area contributed by atoms with E-state index < -0.39 is 5.60 Å². The van der Waals surface area contributed by atoms with Gasteiger partial charge in [0, 0.05) is 6.54 Å². The SMILES string of the molecule is CC(C)(O)[C@@H](N)[C@H]1CC[C@H]2[C@@H](CC3C4CC[C@H]5C(C)(C)[C@@H](OC6CN(C7COC7)CCO6)CCC56C[C@@]46CC[C@@]32C)O1. The second-order valence-corrected chi connectivity index (χ2v) is 17.6. The van der Waals surface area contributed by atoms with Gasteiger partial charge in [-0.3, -0.25) is 4.90 Å². The summed E-state index contributed by atoms with van der Waals surface area (Å²) in [6.07, 6.45) is 13.4. The molecule has 3 heterocycles. The number of hydrogen-bond donors (Lipinski definition) is 2. The molecule has 4 unspecified atom stereocenters. The molecular weight excluding hydrogens is 528 g/mol. The van der Waals surface area contributed by atoms with Crippen LogP contribution in [0.15, 0.2) is 0 Å². The maximum atomic E-state index is 10.6. The molecule has 0 aromatic carbocycles. The first-order valence-electron chi connectivity index (χ1n) is 17.6. The molecule has 0 radical (unpaired) electrons. The van der Waals surface area contributed by atoms with Crippen LogP contribution in [0.5, 0.6) is 0 Å². The highest BCUT2D eigenvalue weighted by atomic mass is 16.7. The monoisotopic (exact) mass is 586 g/mol. The summed E-state index contributed by atoms with van der Waals surface area (Å²) >= 11 is 0. The van der Waals surface area contributed by atoms with Crippen LogP contribution in [-0.4, -0.2) is 85.2 Å². The van der Waals surface area contributed by atoms with Crippen LogP contribution in [-0.2, 0) is 18.9 Å². The predicted octanol–water partition coefficient (Wildman–Crippen LogP) is 4.73. The highest BCUT2D eigenvalue weighted by Crippen LogP contribution is 2.87. The molecule has 7 nitrogen and oxygen atoms in total. The van der Waals surface area contributed by atoms with Crippen molar-refractivity contribution in [2.45, 2.75) is 141 Å². The summed E-state index contributed by atoms with van der Waals surface area (Å²) in [5.74, 6) is 3.02. The second kappa shape index (κ2) is 9.62. The van der Waals surface area contributed by atoms with E-state index in [1.54, 1.807) is 0 Å². The van der Waals surface area contributed by atoms with Crippen LogP contribution < -0.4 is 5.73 Å². The lowest BCUT2D eigenvalue weighted by Crippen LogP contribution is -2.58. The summed E-state index contributed by atoms with van der Waals surface area (Å²) in [4.78, 5) is 2.53. The molecule has 5 aliphatic carbocycles. The van der Waals surface area contributed by atoms with Gasteiger partial charge in [-0.15, -0.1) is 0 Å². The smallest absolute Gasteiger partial charge is 0.170 e. The Labute approximate surface area is 253 Å². The maximum Gasteiger partial charge on any atom is 0.170 e. The molecule has 8 rings (SSSR count). The van der Waals surface area contributed by atoms with Crippen molar-refractivity contribution in [2.24, 2.45) is 51.1 Å². The van der Waals surface area contributed by atoms with Crippen molar-refractivity contribution in [3.8, 4) is 0 Å². The number of ether oxygens (including phenoxy) is 4. The third kappa shape index (κ3) is 4.02. The zero-order chi connectivity index (χ0) is 29.3. The van der Waals surface area contributed by atoms with Crippen LogP contribution >= 0.6 is 0 Å². The van der Waals surface area contributed by atoms with Crippen molar-refractivity contribution in [1.82, 2.24) is 4.90 Å². The van der Waals surface area contributed by atoms with E-state index in [9.17, 15) is 5.11 Å². The molecule has 238 valence electrons. The van der Waals surface area contributed by atoms with Gasteiger partial charge >= 0.3 is 0 Å². The summed E-state index contributed by atoms with van der Waals surface area (Å²) in [6.45, 7) is 15.7. The first-order valence-corrected chi connectivity index (χ1v) is 17.6. The lowest BCUT2D eigenvalue weighted by Gasteiger charge is -2.60. The molecule has 7 heteroatoms. The fourth-order valence-corrected chi connectivity index (χ4v) is 12.9. The normalized spacial score (nSPS) is 52.6. The number of aliphatic hydroxyl groups is 1. The fourth-order valence-electron chi connectivity index (χ4n) is 12.9. The Kier molecular flexibility index (Phi) is 6.68. The van der Waals surface area contributed by atoms with Crippen molar-refractivity contribution in [3.63, 3.8) is 0 Å². The largest absolute Gasteiger partial charge is 0.389 e. The molecule has 8 aliphatic rings. The third-order valence-corrected chi connectivity index (χ3v) is 15.3. The van der Waals surface area contributed by atoms with E-state index >= 15 is 0 Å². The molecule has 0 amide bonds. The highest BCUT2D eigenvalue weighted by Gasteiger charge is 2.80. The Bertz CT molecular complexity index is 1060. The molecule has 3 aliphatic heterocycles. The summed E-state index contributed by atoms with van der Waals surface area (Å²) in [5.41, 5.74) is 7.24. The van der Waals surface area contributed by atoms with Crippen molar-refractivity contribution >= 4 is 0 Å². The van der Waals surface area contributed by atoms with E-state index in [0.29, 0.717) is 34.3 Å². The summed E-state index contributed by atoms with van der Waals surface area (Å²) in [5, 5.41) is 10.6. The quantitative estimate of drug-likeness (QED) is 0.482. The van der Waals surface area contributed by atoms with Gasteiger partial charge < -0.3 is 29.8 Å². The molecule has 0 aromatic heterocycles. The van der Waals surface area contributed by atoms with Crippen LogP contribution in [0, 0.1) is 45.3 Å². The fraction of sp³-hybridized carbons (Fsp3) is 1.00. The molecule has 0 aromatic rings. The first-order chi connectivity index (χ1) is 19.9. The van der Waals surface area contributed by atoms with Crippen molar-refractivity contribution in [3.05, 3.63) is 0 Å². The van der Waals surface area contributed by atoms with E-state index in [1.165, 1.54) is 57.8 Å².